The van der Waals surface area contributed by atoms with Crippen LogP contribution in [0.15, 0.2) is 77.7 Å². The molecule has 2 heterocycles. The maximum Gasteiger partial charge on any atom is 0.471 e. The van der Waals surface area contributed by atoms with Crippen LogP contribution >= 0.6 is 0 Å². The molecule has 5 rings (SSSR count). The van der Waals surface area contributed by atoms with Gasteiger partial charge in [-0.2, -0.15) is 17.9 Å². The summed E-state index contributed by atoms with van der Waals surface area (Å²) in [6, 6.07) is 20.7. The molecule has 4 aromatic rings. The summed E-state index contributed by atoms with van der Waals surface area (Å²) in [6.45, 7) is 1.21. The zero-order valence-electron chi connectivity index (χ0n) is 27.1. The first-order valence-corrected chi connectivity index (χ1v) is 17.7. The molecule has 3 N–H and O–H groups in total. The highest BCUT2D eigenvalue weighted by Crippen LogP contribution is 2.31. The number of fused-ring (bicyclic) bond motifs is 2. The van der Waals surface area contributed by atoms with Crippen LogP contribution < -0.4 is 10.0 Å². The number of ketones is 1. The predicted molar refractivity (Wildman–Crippen MR) is 180 cm³/mol. The number of aromatic amines is 1. The number of nitrogens with one attached hydrogen (secondary N) is 3. The van der Waals surface area contributed by atoms with Crippen LogP contribution in [0.4, 0.5) is 13.2 Å². The quantitative estimate of drug-likeness (QED) is 0.143. The van der Waals surface area contributed by atoms with Gasteiger partial charge in [0.2, 0.25) is 15.9 Å². The number of carbonyl (C=O) groups excluding carboxylic acids is 3. The van der Waals surface area contributed by atoms with Crippen LogP contribution in [0.1, 0.15) is 55.7 Å². The Morgan fingerprint density at radius 3 is 2.41 bits per heavy atom. The largest absolute Gasteiger partial charge is 0.471 e. The normalized spacial score (nSPS) is 14.0. The van der Waals surface area contributed by atoms with E-state index in [0.29, 0.717) is 48.1 Å². The summed E-state index contributed by atoms with van der Waals surface area (Å²) < 4.78 is 68.9. The fraction of sp³-hybridized carbons (Fsp3) is 0.361. The number of Topliss-reactive ketones (excluding diaryl/α,β-unsaturated/α-hetero) is 1. The number of alkyl halides is 3. The maximum absolute atomic E-state index is 13.6. The molecule has 9 nitrogen and oxygen atoms in total. The molecule has 0 fully saturated rings. The number of rotatable bonds is 14. The number of para-hydroxylation sites is 1. The molecular formula is C36H39F3N4O5S. The number of amides is 2. The van der Waals surface area contributed by atoms with E-state index in [1.165, 1.54) is 25.1 Å². The van der Waals surface area contributed by atoms with Gasteiger partial charge in [0.15, 0.2) is 0 Å². The minimum Gasteiger partial charge on any atom is -0.354 e. The summed E-state index contributed by atoms with van der Waals surface area (Å²) in [5.41, 5.74) is 4.83. The van der Waals surface area contributed by atoms with Crippen molar-refractivity contribution in [1.29, 1.82) is 0 Å². The van der Waals surface area contributed by atoms with E-state index in [2.05, 4.69) is 15.0 Å². The highest BCUT2D eigenvalue weighted by Gasteiger charge is 2.43. The maximum atomic E-state index is 13.6. The van der Waals surface area contributed by atoms with Gasteiger partial charge in [-0.1, -0.05) is 67.4 Å². The summed E-state index contributed by atoms with van der Waals surface area (Å²) >= 11 is 0. The molecule has 0 spiro atoms. The molecule has 0 radical (unpaired) electrons. The van der Waals surface area contributed by atoms with Gasteiger partial charge in [0.1, 0.15) is 11.8 Å². The third-order valence-corrected chi connectivity index (χ3v) is 10.2. The molecule has 13 heteroatoms. The zero-order chi connectivity index (χ0) is 35.2. The Hall–Kier alpha value is -4.49. The second kappa shape index (κ2) is 15.4. The summed E-state index contributed by atoms with van der Waals surface area (Å²) in [7, 11) is -4.30. The summed E-state index contributed by atoms with van der Waals surface area (Å²) in [6.07, 6.45) is -2.16. The molecule has 0 bridgehead atoms. The standard InChI is InChI=1S/C36H39F3N4O5S/c1-24(44)10-4-2-7-15-32(42-49(47,48)28-17-16-25-19-21-43(23-27(25)22-28)35(46)36(37,38)39)34(45)40-20-18-30-29-13-8-9-14-31(29)41-33(30)26-11-5-3-6-12-26/h3,5-6,8-9,11-14,16-17,22,32,41-42H,2,4,7,10,15,18-21,23H2,1H3,(H,40,45). The van der Waals surface area contributed by atoms with Gasteiger partial charge in [0.25, 0.3) is 0 Å². The fourth-order valence-corrected chi connectivity index (χ4v) is 7.48. The minimum absolute atomic E-state index is 0.0463. The minimum atomic E-state index is -5.04. The molecule has 1 unspecified atom stereocenters. The van der Waals surface area contributed by atoms with Crippen molar-refractivity contribution in [1.82, 2.24) is 19.9 Å². The Labute approximate surface area is 283 Å². The summed E-state index contributed by atoms with van der Waals surface area (Å²) in [5, 5.41) is 3.91. The van der Waals surface area contributed by atoms with Crippen LogP contribution in [0.5, 0.6) is 0 Å². The van der Waals surface area contributed by atoms with Crippen molar-refractivity contribution in [3.05, 3.63) is 89.5 Å². The third-order valence-electron chi connectivity index (χ3n) is 8.72. The van der Waals surface area contributed by atoms with Crippen molar-refractivity contribution >= 4 is 38.5 Å². The Bertz CT molecular complexity index is 1930. The number of hydrogen-bond acceptors (Lipinski definition) is 5. The first-order chi connectivity index (χ1) is 23.3. The van der Waals surface area contributed by atoms with Gasteiger partial charge >= 0.3 is 12.1 Å². The van der Waals surface area contributed by atoms with Gasteiger partial charge in [-0.25, -0.2) is 8.42 Å². The van der Waals surface area contributed by atoms with E-state index in [9.17, 15) is 36.0 Å². The van der Waals surface area contributed by atoms with Crippen molar-refractivity contribution in [2.24, 2.45) is 0 Å². The highest BCUT2D eigenvalue weighted by molar-refractivity contribution is 7.89. The predicted octanol–water partition coefficient (Wildman–Crippen LogP) is 5.83. The molecule has 49 heavy (non-hydrogen) atoms. The number of halogens is 3. The van der Waals surface area contributed by atoms with Crippen molar-refractivity contribution in [2.45, 2.75) is 75.5 Å². The van der Waals surface area contributed by atoms with Crippen LogP contribution in [0.25, 0.3) is 22.2 Å². The zero-order valence-corrected chi connectivity index (χ0v) is 27.9. The number of H-pyrrole nitrogens is 1. The summed E-state index contributed by atoms with van der Waals surface area (Å²) in [5.74, 6) is -2.45. The number of sulfonamides is 1. The lowest BCUT2D eigenvalue weighted by Crippen LogP contribution is -2.47. The lowest BCUT2D eigenvalue weighted by atomic mass is 10.00. The number of benzene rings is 3. The SMILES string of the molecule is CC(=O)CCCCCC(NS(=O)(=O)c1ccc2c(c1)CN(C(=O)C(F)(F)F)CC2)C(=O)NCCc1c(-c2ccccc2)[nH]c2ccccc12. The molecule has 2 amide bonds. The van der Waals surface area contributed by atoms with Crippen molar-refractivity contribution in [2.75, 3.05) is 13.1 Å². The van der Waals surface area contributed by atoms with Crippen LogP contribution in [-0.2, 0) is 43.8 Å². The van der Waals surface area contributed by atoms with Gasteiger partial charge in [0, 0.05) is 42.7 Å². The van der Waals surface area contributed by atoms with Crippen LogP contribution in [0.2, 0.25) is 0 Å². The molecule has 3 aromatic carbocycles. The molecule has 0 saturated carbocycles. The molecule has 260 valence electrons. The Morgan fingerprint density at radius 1 is 0.939 bits per heavy atom. The van der Waals surface area contributed by atoms with Crippen LogP contribution in [0.3, 0.4) is 0 Å². The van der Waals surface area contributed by atoms with Gasteiger partial charge in [0.05, 0.1) is 4.90 Å². The second-order valence-corrected chi connectivity index (χ2v) is 14.0. The highest BCUT2D eigenvalue weighted by atomic mass is 32.2. The molecule has 1 aliphatic rings. The number of nitrogens with zero attached hydrogens (tertiary/aromatic N) is 1. The van der Waals surface area contributed by atoms with E-state index in [4.69, 9.17) is 0 Å². The van der Waals surface area contributed by atoms with E-state index in [1.807, 2.05) is 54.6 Å². The molecule has 1 aliphatic heterocycles. The molecule has 1 aromatic heterocycles. The van der Waals surface area contributed by atoms with E-state index < -0.39 is 34.1 Å². The first kappa shape index (κ1) is 35.8. The molecule has 0 saturated heterocycles. The molecular weight excluding hydrogens is 657 g/mol. The van der Waals surface area contributed by atoms with Crippen LogP contribution in [-0.4, -0.2) is 61.2 Å². The number of carbonyl (C=O) groups is 3. The monoisotopic (exact) mass is 696 g/mol. The van der Waals surface area contributed by atoms with Crippen molar-refractivity contribution in [3.63, 3.8) is 0 Å². The average Bonchev–Trinajstić information content (AvgIpc) is 3.45. The Balaban J connectivity index is 1.31. The van der Waals surface area contributed by atoms with E-state index in [1.54, 1.807) is 0 Å². The lowest BCUT2D eigenvalue weighted by molar-refractivity contribution is -0.186. The fourth-order valence-electron chi connectivity index (χ4n) is 6.20. The number of hydrogen-bond donors (Lipinski definition) is 3. The van der Waals surface area contributed by atoms with Gasteiger partial charge in [-0.05, 0) is 73.1 Å². The van der Waals surface area contributed by atoms with Gasteiger partial charge < -0.3 is 20.0 Å². The topological polar surface area (TPSA) is 128 Å². The van der Waals surface area contributed by atoms with Gasteiger partial charge in [-0.15, -0.1) is 0 Å². The molecule has 1 atom stereocenters. The lowest BCUT2D eigenvalue weighted by Gasteiger charge is -2.29. The average molecular weight is 697 g/mol. The molecule has 0 aliphatic carbocycles. The Kier molecular flexibility index (Phi) is 11.2. The smallest absolute Gasteiger partial charge is 0.354 e. The Morgan fingerprint density at radius 2 is 1.67 bits per heavy atom. The van der Waals surface area contributed by atoms with Crippen LogP contribution in [0, 0.1) is 0 Å². The first-order valence-electron chi connectivity index (χ1n) is 16.3. The van der Waals surface area contributed by atoms with E-state index in [-0.39, 0.29) is 43.2 Å². The van der Waals surface area contributed by atoms with E-state index in [0.717, 1.165) is 27.7 Å². The van der Waals surface area contributed by atoms with Crippen molar-refractivity contribution in [3.8, 4) is 11.3 Å². The van der Waals surface area contributed by atoms with E-state index >= 15 is 0 Å². The summed E-state index contributed by atoms with van der Waals surface area (Å²) in [4.78, 5) is 40.7. The number of unbranched alkanes of at least 4 members (excludes halogenated alkanes) is 2. The van der Waals surface area contributed by atoms with Gasteiger partial charge in [-0.3, -0.25) is 9.59 Å². The third kappa shape index (κ3) is 8.95. The number of aromatic nitrogens is 1. The van der Waals surface area contributed by atoms with Crippen molar-refractivity contribution < 1.29 is 36.0 Å². The second-order valence-electron chi connectivity index (χ2n) is 12.3.